The van der Waals surface area contributed by atoms with Crippen molar-refractivity contribution in [3.8, 4) is 0 Å². The minimum Gasteiger partial charge on any atom is -0.332 e. The van der Waals surface area contributed by atoms with Gasteiger partial charge in [-0.3, -0.25) is 4.79 Å². The van der Waals surface area contributed by atoms with Crippen LogP contribution in [0.5, 0.6) is 0 Å². The molecule has 0 spiro atoms. The highest BCUT2D eigenvalue weighted by Gasteiger charge is 2.41. The molecular weight excluding hydrogens is 356 g/mol. The molecule has 1 aromatic rings. The number of carbonyl (C=O) groups is 1. The van der Waals surface area contributed by atoms with Gasteiger partial charge in [0.05, 0.1) is 0 Å². The molecule has 0 aliphatic rings. The van der Waals surface area contributed by atoms with Crippen molar-refractivity contribution in [3.63, 3.8) is 0 Å². The maximum atomic E-state index is 11.9. The van der Waals surface area contributed by atoms with Crippen molar-refractivity contribution in [1.82, 2.24) is 5.32 Å². The van der Waals surface area contributed by atoms with Crippen molar-refractivity contribution >= 4 is 62.1 Å². The molecule has 0 radical (unpaired) electrons. The molecule has 0 aromatic heterocycles. The van der Waals surface area contributed by atoms with Crippen molar-refractivity contribution in [1.29, 1.82) is 0 Å². The van der Waals surface area contributed by atoms with Gasteiger partial charge in [-0.15, -0.1) is 0 Å². The van der Waals surface area contributed by atoms with Gasteiger partial charge in [-0.25, -0.2) is 8.42 Å². The molecule has 1 aromatic carbocycles. The standard InChI is InChI=1S/C10H9Cl4NO3S/c1-19(17,18)9(10(12,13)14)15-8(16)6-2-4-7(11)5-3-6/h2-5,9H,1H3,(H,15,16)/t9-/m0/s1. The molecule has 9 heteroatoms. The van der Waals surface area contributed by atoms with Crippen LogP contribution in [0.4, 0.5) is 0 Å². The number of amides is 1. The monoisotopic (exact) mass is 363 g/mol. The molecule has 0 aliphatic carbocycles. The normalized spacial score (nSPS) is 13.9. The molecule has 0 saturated carbocycles. The van der Waals surface area contributed by atoms with Crippen LogP contribution in [0, 0.1) is 0 Å². The number of sulfone groups is 1. The summed E-state index contributed by atoms with van der Waals surface area (Å²) in [6, 6.07) is 5.83. The Kier molecular flexibility index (Phi) is 5.37. The molecule has 1 amide bonds. The Hall–Kier alpha value is -0.200. The predicted octanol–water partition coefficient (Wildman–Crippen LogP) is 2.81. The second-order valence-electron chi connectivity index (χ2n) is 3.73. The Morgan fingerprint density at radius 2 is 1.68 bits per heavy atom. The molecule has 1 N–H and O–H groups in total. The second-order valence-corrected chi connectivity index (χ2v) is 8.67. The first-order valence-electron chi connectivity index (χ1n) is 4.84. The second kappa shape index (κ2) is 6.06. The molecule has 1 atom stereocenters. The van der Waals surface area contributed by atoms with Gasteiger partial charge in [-0.05, 0) is 24.3 Å². The third-order valence-electron chi connectivity index (χ3n) is 2.09. The number of benzene rings is 1. The lowest BCUT2D eigenvalue weighted by atomic mass is 10.2. The molecule has 0 heterocycles. The number of halogens is 4. The SMILES string of the molecule is CS(=O)(=O)[C@H](NC(=O)c1ccc(Cl)cc1)C(Cl)(Cl)Cl. The molecule has 0 bridgehead atoms. The van der Waals surface area contributed by atoms with E-state index >= 15 is 0 Å². The zero-order chi connectivity index (χ0) is 14.8. The summed E-state index contributed by atoms with van der Waals surface area (Å²) in [6.45, 7) is 0. The van der Waals surface area contributed by atoms with E-state index < -0.39 is 24.9 Å². The van der Waals surface area contributed by atoms with E-state index in [1.165, 1.54) is 24.3 Å². The first-order valence-corrected chi connectivity index (χ1v) is 8.30. The molecule has 19 heavy (non-hydrogen) atoms. The van der Waals surface area contributed by atoms with Gasteiger partial charge in [0.2, 0.25) is 3.79 Å². The average molecular weight is 365 g/mol. The van der Waals surface area contributed by atoms with Gasteiger partial charge in [-0.2, -0.15) is 0 Å². The van der Waals surface area contributed by atoms with Gasteiger partial charge in [0.1, 0.15) is 0 Å². The van der Waals surface area contributed by atoms with Gasteiger partial charge >= 0.3 is 0 Å². The summed E-state index contributed by atoms with van der Waals surface area (Å²) < 4.78 is 20.8. The number of hydrogen-bond donors (Lipinski definition) is 1. The molecule has 0 aliphatic heterocycles. The van der Waals surface area contributed by atoms with E-state index in [4.69, 9.17) is 46.4 Å². The fourth-order valence-electron chi connectivity index (χ4n) is 1.24. The van der Waals surface area contributed by atoms with Crippen molar-refractivity contribution < 1.29 is 13.2 Å². The molecule has 0 saturated heterocycles. The minimum atomic E-state index is -3.79. The number of nitrogens with one attached hydrogen (secondary N) is 1. The first-order chi connectivity index (χ1) is 8.51. The fraction of sp³-hybridized carbons (Fsp3) is 0.300. The number of alkyl halides is 3. The quantitative estimate of drug-likeness (QED) is 0.838. The Balaban J connectivity index is 2.99. The lowest BCUT2D eigenvalue weighted by Crippen LogP contribution is -2.48. The lowest BCUT2D eigenvalue weighted by molar-refractivity contribution is 0.0948. The topological polar surface area (TPSA) is 63.2 Å². The van der Waals surface area contributed by atoms with Crippen LogP contribution in [0.15, 0.2) is 24.3 Å². The van der Waals surface area contributed by atoms with Crippen LogP contribution in [0.25, 0.3) is 0 Å². The zero-order valence-electron chi connectivity index (χ0n) is 9.53. The van der Waals surface area contributed by atoms with Crippen molar-refractivity contribution in [2.24, 2.45) is 0 Å². The molecule has 0 fully saturated rings. The maximum Gasteiger partial charge on any atom is 0.252 e. The van der Waals surface area contributed by atoms with Gasteiger partial charge in [-0.1, -0.05) is 46.4 Å². The third kappa shape index (κ3) is 5.00. The van der Waals surface area contributed by atoms with Crippen LogP contribution in [0.3, 0.4) is 0 Å². The average Bonchev–Trinajstić information content (AvgIpc) is 2.23. The number of carbonyl (C=O) groups excluding carboxylic acids is 1. The summed E-state index contributed by atoms with van der Waals surface area (Å²) in [5.41, 5.74) is 0.201. The number of rotatable bonds is 3. The Bertz CT molecular complexity index is 565. The predicted molar refractivity (Wildman–Crippen MR) is 77.8 cm³/mol. The largest absolute Gasteiger partial charge is 0.332 e. The van der Waals surface area contributed by atoms with E-state index in [0.717, 1.165) is 6.26 Å². The lowest BCUT2D eigenvalue weighted by Gasteiger charge is -2.23. The van der Waals surface area contributed by atoms with Crippen molar-refractivity contribution in [2.75, 3.05) is 6.26 Å². The van der Waals surface area contributed by atoms with Crippen molar-refractivity contribution in [2.45, 2.75) is 9.17 Å². The van der Waals surface area contributed by atoms with E-state index in [0.29, 0.717) is 5.02 Å². The highest BCUT2D eigenvalue weighted by atomic mass is 35.6. The van der Waals surface area contributed by atoms with Crippen LogP contribution >= 0.6 is 46.4 Å². The van der Waals surface area contributed by atoms with E-state index in [1.807, 2.05) is 0 Å². The molecular formula is C10H9Cl4NO3S. The summed E-state index contributed by atoms with van der Waals surface area (Å²) in [5.74, 6) is -0.682. The molecule has 1 rings (SSSR count). The van der Waals surface area contributed by atoms with E-state index in [9.17, 15) is 13.2 Å². The molecule has 4 nitrogen and oxygen atoms in total. The van der Waals surface area contributed by atoms with E-state index in [2.05, 4.69) is 5.32 Å². The van der Waals surface area contributed by atoms with Gasteiger partial charge < -0.3 is 5.32 Å². The Morgan fingerprint density at radius 1 is 1.21 bits per heavy atom. The van der Waals surface area contributed by atoms with Crippen molar-refractivity contribution in [3.05, 3.63) is 34.9 Å². The van der Waals surface area contributed by atoms with Crippen LogP contribution in [-0.4, -0.2) is 29.7 Å². The van der Waals surface area contributed by atoms with Gasteiger partial charge in [0.15, 0.2) is 15.2 Å². The molecule has 0 unspecified atom stereocenters. The van der Waals surface area contributed by atoms with E-state index in [1.54, 1.807) is 0 Å². The summed E-state index contributed by atoms with van der Waals surface area (Å²) >= 11 is 22.3. The summed E-state index contributed by atoms with van der Waals surface area (Å²) in [4.78, 5) is 11.9. The maximum absolute atomic E-state index is 11.9. The highest BCUT2D eigenvalue weighted by molar-refractivity contribution is 7.91. The van der Waals surface area contributed by atoms with Crippen LogP contribution < -0.4 is 5.32 Å². The fourth-order valence-corrected chi connectivity index (χ4v) is 3.79. The highest BCUT2D eigenvalue weighted by Crippen LogP contribution is 2.33. The Morgan fingerprint density at radius 3 is 2.05 bits per heavy atom. The van der Waals surface area contributed by atoms with E-state index in [-0.39, 0.29) is 5.56 Å². The summed E-state index contributed by atoms with van der Waals surface area (Å²) in [6.07, 6.45) is 0.863. The summed E-state index contributed by atoms with van der Waals surface area (Å²) in [5, 5.41) is 0.964. The Labute approximate surface area is 130 Å². The number of hydrogen-bond acceptors (Lipinski definition) is 3. The molecule has 106 valence electrons. The first kappa shape index (κ1) is 16.9. The smallest absolute Gasteiger partial charge is 0.252 e. The van der Waals surface area contributed by atoms with Gasteiger partial charge in [0.25, 0.3) is 5.91 Å². The van der Waals surface area contributed by atoms with Crippen LogP contribution in [0.1, 0.15) is 10.4 Å². The van der Waals surface area contributed by atoms with Gasteiger partial charge in [0, 0.05) is 16.8 Å². The zero-order valence-corrected chi connectivity index (χ0v) is 13.4. The van der Waals surface area contributed by atoms with Crippen LogP contribution in [-0.2, 0) is 9.84 Å². The third-order valence-corrected chi connectivity index (χ3v) is 4.72. The van der Waals surface area contributed by atoms with Crippen LogP contribution in [0.2, 0.25) is 5.02 Å². The minimum absolute atomic E-state index is 0.201. The summed E-state index contributed by atoms with van der Waals surface area (Å²) in [7, 11) is -3.79.